The van der Waals surface area contributed by atoms with Gasteiger partial charge in [-0.15, -0.1) is 0 Å². The summed E-state index contributed by atoms with van der Waals surface area (Å²) in [5, 5.41) is 6.46. The maximum Gasteiger partial charge on any atom is 0.251 e. The van der Waals surface area contributed by atoms with Crippen LogP contribution in [0, 0.1) is 19.8 Å². The molecule has 2 rings (SSSR count). The highest BCUT2D eigenvalue weighted by atomic mass is 16.1. The minimum atomic E-state index is 0.0602. The van der Waals surface area contributed by atoms with Crippen LogP contribution in [-0.2, 0) is 0 Å². The Morgan fingerprint density at radius 3 is 3.00 bits per heavy atom. The molecule has 0 radical (unpaired) electrons. The summed E-state index contributed by atoms with van der Waals surface area (Å²) >= 11 is 0. The van der Waals surface area contributed by atoms with Gasteiger partial charge in [0.2, 0.25) is 0 Å². The van der Waals surface area contributed by atoms with Crippen LogP contribution < -0.4 is 10.6 Å². The van der Waals surface area contributed by atoms with E-state index in [0.717, 1.165) is 37.2 Å². The van der Waals surface area contributed by atoms with Crippen molar-refractivity contribution >= 4 is 5.91 Å². The molecule has 0 bridgehead atoms. The van der Waals surface area contributed by atoms with E-state index < -0.39 is 0 Å². The lowest BCUT2D eigenvalue weighted by atomic mass is 9.96. The molecule has 0 saturated carbocycles. The first-order chi connectivity index (χ1) is 9.18. The molecule has 19 heavy (non-hydrogen) atoms. The Kier molecular flexibility index (Phi) is 4.97. The van der Waals surface area contributed by atoms with Crippen molar-refractivity contribution in [3.63, 3.8) is 0 Å². The van der Waals surface area contributed by atoms with E-state index in [1.54, 1.807) is 0 Å². The summed E-state index contributed by atoms with van der Waals surface area (Å²) in [7, 11) is 0. The average Bonchev–Trinajstić information content (AvgIpc) is 2.43. The number of aryl methyl sites for hydroxylation is 1. The van der Waals surface area contributed by atoms with Crippen LogP contribution in [0.1, 0.15) is 40.7 Å². The van der Waals surface area contributed by atoms with Crippen molar-refractivity contribution in [2.75, 3.05) is 19.6 Å². The quantitative estimate of drug-likeness (QED) is 0.873. The second-order valence-corrected chi connectivity index (χ2v) is 5.50. The minimum Gasteiger partial charge on any atom is -0.352 e. The van der Waals surface area contributed by atoms with E-state index >= 15 is 0 Å². The molecule has 1 aliphatic heterocycles. The highest BCUT2D eigenvalue weighted by molar-refractivity contribution is 5.95. The molecule has 3 heteroatoms. The summed E-state index contributed by atoms with van der Waals surface area (Å²) in [5.41, 5.74) is 3.06. The number of benzene rings is 1. The van der Waals surface area contributed by atoms with E-state index in [2.05, 4.69) is 10.6 Å². The smallest absolute Gasteiger partial charge is 0.251 e. The zero-order chi connectivity index (χ0) is 13.7. The molecular formula is C16H24N2O. The van der Waals surface area contributed by atoms with Crippen molar-refractivity contribution < 1.29 is 4.79 Å². The topological polar surface area (TPSA) is 41.1 Å². The number of rotatable bonds is 4. The third kappa shape index (κ3) is 3.80. The number of hydrogen-bond acceptors (Lipinski definition) is 2. The largest absolute Gasteiger partial charge is 0.352 e. The summed E-state index contributed by atoms with van der Waals surface area (Å²) in [6.07, 6.45) is 3.62. The summed E-state index contributed by atoms with van der Waals surface area (Å²) in [6.45, 7) is 7.07. The van der Waals surface area contributed by atoms with Crippen molar-refractivity contribution in [1.29, 1.82) is 0 Å². The lowest BCUT2D eigenvalue weighted by molar-refractivity contribution is 0.0950. The molecule has 1 aromatic rings. The SMILES string of the molecule is Cc1cccc(C(=O)NCCC2CCCNC2)c1C. The van der Waals surface area contributed by atoms with Crippen molar-refractivity contribution in [2.24, 2.45) is 5.92 Å². The monoisotopic (exact) mass is 260 g/mol. The molecule has 0 spiro atoms. The molecule has 0 aliphatic carbocycles. The fourth-order valence-electron chi connectivity index (χ4n) is 2.65. The van der Waals surface area contributed by atoms with Gasteiger partial charge in [0.05, 0.1) is 0 Å². The Hall–Kier alpha value is -1.35. The second-order valence-electron chi connectivity index (χ2n) is 5.50. The van der Waals surface area contributed by atoms with Gasteiger partial charge in [0.1, 0.15) is 0 Å². The first kappa shape index (κ1) is 14.1. The van der Waals surface area contributed by atoms with Crippen molar-refractivity contribution in [3.8, 4) is 0 Å². The number of carbonyl (C=O) groups is 1. The molecule has 1 atom stereocenters. The van der Waals surface area contributed by atoms with Gasteiger partial charge in [0.25, 0.3) is 5.91 Å². The molecule has 2 N–H and O–H groups in total. The van der Waals surface area contributed by atoms with Gasteiger partial charge < -0.3 is 10.6 Å². The number of nitrogens with one attached hydrogen (secondary N) is 2. The molecule has 1 amide bonds. The van der Waals surface area contributed by atoms with Gasteiger partial charge in [0.15, 0.2) is 0 Å². The highest BCUT2D eigenvalue weighted by Gasteiger charge is 2.14. The lowest BCUT2D eigenvalue weighted by Crippen LogP contribution is -2.33. The van der Waals surface area contributed by atoms with Gasteiger partial charge >= 0.3 is 0 Å². The molecule has 0 aromatic heterocycles. The summed E-state index contributed by atoms with van der Waals surface area (Å²) in [5.74, 6) is 0.776. The Balaban J connectivity index is 1.82. The average molecular weight is 260 g/mol. The standard InChI is InChI=1S/C16H24N2O/c1-12-5-3-7-15(13(12)2)16(19)18-10-8-14-6-4-9-17-11-14/h3,5,7,14,17H,4,6,8-11H2,1-2H3,(H,18,19). The predicted molar refractivity (Wildman–Crippen MR) is 78.5 cm³/mol. The first-order valence-electron chi connectivity index (χ1n) is 7.23. The number of carbonyl (C=O) groups excluding carboxylic acids is 1. The maximum atomic E-state index is 12.1. The van der Waals surface area contributed by atoms with Crippen LogP contribution in [0.15, 0.2) is 18.2 Å². The van der Waals surface area contributed by atoms with Gasteiger partial charge in [0, 0.05) is 12.1 Å². The fraction of sp³-hybridized carbons (Fsp3) is 0.562. The van der Waals surface area contributed by atoms with Gasteiger partial charge in [-0.1, -0.05) is 12.1 Å². The fourth-order valence-corrected chi connectivity index (χ4v) is 2.65. The van der Waals surface area contributed by atoms with Crippen molar-refractivity contribution in [2.45, 2.75) is 33.1 Å². The van der Waals surface area contributed by atoms with E-state index in [-0.39, 0.29) is 5.91 Å². The van der Waals surface area contributed by atoms with Crippen LogP contribution in [0.25, 0.3) is 0 Å². The first-order valence-corrected chi connectivity index (χ1v) is 7.23. The van der Waals surface area contributed by atoms with E-state index in [4.69, 9.17) is 0 Å². The number of amides is 1. The third-order valence-corrected chi connectivity index (χ3v) is 4.09. The van der Waals surface area contributed by atoms with Gasteiger partial charge in [-0.3, -0.25) is 4.79 Å². The Bertz CT molecular complexity index is 436. The summed E-state index contributed by atoms with van der Waals surface area (Å²) < 4.78 is 0. The molecule has 1 fully saturated rings. The molecule has 104 valence electrons. The van der Waals surface area contributed by atoms with Crippen LogP contribution in [-0.4, -0.2) is 25.5 Å². The Morgan fingerprint density at radius 1 is 1.42 bits per heavy atom. The molecule has 1 aliphatic rings. The number of hydrogen-bond donors (Lipinski definition) is 2. The predicted octanol–water partition coefficient (Wildman–Crippen LogP) is 2.42. The molecule has 1 aromatic carbocycles. The van der Waals surface area contributed by atoms with Crippen molar-refractivity contribution in [3.05, 3.63) is 34.9 Å². The third-order valence-electron chi connectivity index (χ3n) is 4.09. The van der Waals surface area contributed by atoms with Gasteiger partial charge in [-0.05, 0) is 69.3 Å². The molecule has 1 heterocycles. The molecular weight excluding hydrogens is 236 g/mol. The van der Waals surface area contributed by atoms with E-state index in [1.807, 2.05) is 32.0 Å². The minimum absolute atomic E-state index is 0.0602. The molecule has 1 unspecified atom stereocenters. The van der Waals surface area contributed by atoms with E-state index in [0.29, 0.717) is 5.92 Å². The molecule has 1 saturated heterocycles. The zero-order valence-electron chi connectivity index (χ0n) is 12.0. The Labute approximate surface area is 115 Å². The summed E-state index contributed by atoms with van der Waals surface area (Å²) in [6, 6.07) is 5.89. The zero-order valence-corrected chi connectivity index (χ0v) is 12.0. The summed E-state index contributed by atoms with van der Waals surface area (Å²) in [4.78, 5) is 12.1. The van der Waals surface area contributed by atoms with Crippen LogP contribution in [0.5, 0.6) is 0 Å². The van der Waals surface area contributed by atoms with Crippen molar-refractivity contribution in [1.82, 2.24) is 10.6 Å². The second kappa shape index (κ2) is 6.71. The van der Waals surface area contributed by atoms with Gasteiger partial charge in [-0.2, -0.15) is 0 Å². The number of piperidine rings is 1. The van der Waals surface area contributed by atoms with Crippen LogP contribution in [0.2, 0.25) is 0 Å². The normalized spacial score (nSPS) is 19.2. The highest BCUT2D eigenvalue weighted by Crippen LogP contribution is 2.14. The Morgan fingerprint density at radius 2 is 2.26 bits per heavy atom. The van der Waals surface area contributed by atoms with Crippen LogP contribution >= 0.6 is 0 Å². The van der Waals surface area contributed by atoms with Gasteiger partial charge in [-0.25, -0.2) is 0 Å². The lowest BCUT2D eigenvalue weighted by Gasteiger charge is -2.22. The maximum absolute atomic E-state index is 12.1. The molecule has 3 nitrogen and oxygen atoms in total. The van der Waals surface area contributed by atoms with Crippen LogP contribution in [0.3, 0.4) is 0 Å². The van der Waals surface area contributed by atoms with E-state index in [1.165, 1.54) is 18.4 Å². The van der Waals surface area contributed by atoms with Crippen LogP contribution in [0.4, 0.5) is 0 Å². The van der Waals surface area contributed by atoms with E-state index in [9.17, 15) is 4.79 Å².